The van der Waals surface area contributed by atoms with Crippen LogP contribution in [0.15, 0.2) is 65.9 Å². The summed E-state index contributed by atoms with van der Waals surface area (Å²) in [6.07, 6.45) is 3.74. The van der Waals surface area contributed by atoms with Gasteiger partial charge in [0.1, 0.15) is 0 Å². The first-order valence-electron chi connectivity index (χ1n) is 8.59. The van der Waals surface area contributed by atoms with Crippen molar-refractivity contribution in [1.82, 2.24) is 9.99 Å². The quantitative estimate of drug-likeness (QED) is 0.357. The highest BCUT2D eigenvalue weighted by atomic mass is 35.5. The van der Waals surface area contributed by atoms with Crippen molar-refractivity contribution in [3.63, 3.8) is 0 Å². The lowest BCUT2D eigenvalue weighted by Crippen LogP contribution is -2.24. The minimum absolute atomic E-state index is 0.447. The van der Waals surface area contributed by atoms with Crippen LogP contribution < -0.4 is 10.7 Å². The van der Waals surface area contributed by atoms with Gasteiger partial charge in [0, 0.05) is 23.5 Å². The first-order valence-corrected chi connectivity index (χ1v) is 9.37. The lowest BCUT2D eigenvalue weighted by atomic mass is 10.1. The van der Waals surface area contributed by atoms with Crippen molar-refractivity contribution in [1.29, 1.82) is 0 Å². The van der Waals surface area contributed by atoms with E-state index in [0.717, 1.165) is 27.5 Å². The normalized spacial score (nSPS) is 10.9. The molecule has 138 valence electrons. The molecule has 1 heterocycles. The predicted molar refractivity (Wildman–Crippen MR) is 118 cm³/mol. The lowest BCUT2D eigenvalue weighted by Gasteiger charge is -2.11. The van der Waals surface area contributed by atoms with Gasteiger partial charge in [-0.1, -0.05) is 47.5 Å². The van der Waals surface area contributed by atoms with Crippen molar-refractivity contribution in [3.8, 4) is 0 Å². The molecule has 0 atom stereocenters. The van der Waals surface area contributed by atoms with E-state index in [0.29, 0.717) is 11.7 Å². The number of nitrogens with one attached hydrogen (secondary N) is 2. The second-order valence-electron chi connectivity index (χ2n) is 6.29. The number of aromatic nitrogens is 1. The Morgan fingerprint density at radius 3 is 2.74 bits per heavy atom. The van der Waals surface area contributed by atoms with Crippen LogP contribution in [0.4, 0.5) is 5.69 Å². The van der Waals surface area contributed by atoms with Gasteiger partial charge in [-0.05, 0) is 61.5 Å². The molecule has 0 spiro atoms. The van der Waals surface area contributed by atoms with Gasteiger partial charge in [0.2, 0.25) is 0 Å². The molecule has 2 N–H and O–H groups in total. The summed E-state index contributed by atoms with van der Waals surface area (Å²) in [5.41, 5.74) is 8.20. The second-order valence-corrected chi connectivity index (χ2v) is 7.11. The molecular formula is C21H21ClN4S. The molecule has 0 saturated heterocycles. The molecule has 0 aliphatic carbocycles. The number of hydrazone groups is 1. The topological polar surface area (TPSA) is 41.4 Å². The van der Waals surface area contributed by atoms with Crippen molar-refractivity contribution in [2.24, 2.45) is 5.10 Å². The van der Waals surface area contributed by atoms with Crippen LogP contribution in [-0.2, 0) is 6.54 Å². The van der Waals surface area contributed by atoms with Gasteiger partial charge in [0.05, 0.1) is 11.9 Å². The van der Waals surface area contributed by atoms with Crippen LogP contribution in [0.5, 0.6) is 0 Å². The maximum Gasteiger partial charge on any atom is 0.191 e. The van der Waals surface area contributed by atoms with Gasteiger partial charge in [-0.25, -0.2) is 0 Å². The molecule has 0 amide bonds. The summed E-state index contributed by atoms with van der Waals surface area (Å²) in [5, 5.41) is 8.61. The third-order valence-electron chi connectivity index (χ3n) is 4.16. The Balaban J connectivity index is 1.61. The molecule has 0 saturated carbocycles. The third-order valence-corrected chi connectivity index (χ3v) is 4.72. The standard InChI is InChI=1S/C21H21ClN4S/c1-15-9-10-20(16(2)12-15)24-21(27)25-23-13-18-7-5-11-26(18)14-17-6-3-4-8-19(17)22/h3-13H,14H2,1-2H3,(H2,24,25,27). The van der Waals surface area contributed by atoms with Crippen LogP contribution in [0.25, 0.3) is 0 Å². The molecule has 0 radical (unpaired) electrons. The van der Waals surface area contributed by atoms with Crippen LogP contribution in [0, 0.1) is 13.8 Å². The van der Waals surface area contributed by atoms with E-state index in [-0.39, 0.29) is 0 Å². The molecule has 2 aromatic carbocycles. The maximum atomic E-state index is 6.25. The summed E-state index contributed by atoms with van der Waals surface area (Å²) in [5.74, 6) is 0. The Labute approximate surface area is 169 Å². The van der Waals surface area contributed by atoms with E-state index < -0.39 is 0 Å². The molecule has 3 rings (SSSR count). The summed E-state index contributed by atoms with van der Waals surface area (Å²) in [6.45, 7) is 4.79. The number of anilines is 1. The smallest absolute Gasteiger partial charge is 0.191 e. The average molecular weight is 397 g/mol. The number of halogens is 1. The zero-order valence-corrected chi connectivity index (χ0v) is 16.8. The molecule has 0 fully saturated rings. The van der Waals surface area contributed by atoms with Crippen molar-refractivity contribution in [2.75, 3.05) is 5.32 Å². The van der Waals surface area contributed by atoms with Gasteiger partial charge in [-0.15, -0.1) is 0 Å². The predicted octanol–water partition coefficient (Wildman–Crippen LogP) is 5.13. The van der Waals surface area contributed by atoms with E-state index in [1.165, 1.54) is 5.56 Å². The summed E-state index contributed by atoms with van der Waals surface area (Å²) >= 11 is 11.6. The van der Waals surface area contributed by atoms with E-state index in [1.807, 2.05) is 61.7 Å². The molecular weight excluding hydrogens is 376 g/mol. The number of hydrogen-bond acceptors (Lipinski definition) is 2. The Hall–Kier alpha value is -2.63. The molecule has 4 nitrogen and oxygen atoms in total. The summed E-state index contributed by atoms with van der Waals surface area (Å²) < 4.78 is 2.08. The number of benzene rings is 2. The number of rotatable bonds is 5. The number of nitrogens with zero attached hydrogens (tertiary/aromatic N) is 2. The second kappa shape index (κ2) is 8.84. The number of hydrogen-bond donors (Lipinski definition) is 2. The summed E-state index contributed by atoms with van der Waals surface area (Å²) in [4.78, 5) is 0. The Morgan fingerprint density at radius 1 is 1.15 bits per heavy atom. The lowest BCUT2D eigenvalue weighted by molar-refractivity contribution is 0.799. The maximum absolute atomic E-state index is 6.25. The zero-order chi connectivity index (χ0) is 19.2. The van der Waals surface area contributed by atoms with Gasteiger partial charge in [0.25, 0.3) is 0 Å². The summed E-state index contributed by atoms with van der Waals surface area (Å²) in [7, 11) is 0. The van der Waals surface area contributed by atoms with Crippen molar-refractivity contribution in [2.45, 2.75) is 20.4 Å². The average Bonchev–Trinajstić information content (AvgIpc) is 3.06. The number of aryl methyl sites for hydroxylation is 2. The zero-order valence-electron chi connectivity index (χ0n) is 15.2. The minimum atomic E-state index is 0.447. The van der Waals surface area contributed by atoms with Gasteiger partial charge >= 0.3 is 0 Å². The fourth-order valence-electron chi connectivity index (χ4n) is 2.76. The number of thiocarbonyl (C=S) groups is 1. The van der Waals surface area contributed by atoms with Crippen LogP contribution in [0.2, 0.25) is 5.02 Å². The van der Waals surface area contributed by atoms with E-state index in [1.54, 1.807) is 6.21 Å². The fourth-order valence-corrected chi connectivity index (χ4v) is 3.12. The SMILES string of the molecule is Cc1ccc(NC(=S)NN=Cc2cccn2Cc2ccccc2Cl)c(C)c1. The van der Waals surface area contributed by atoms with Crippen LogP contribution in [0.3, 0.4) is 0 Å². The fraction of sp³-hybridized carbons (Fsp3) is 0.143. The molecule has 0 bridgehead atoms. The van der Waals surface area contributed by atoms with Gasteiger partial charge in [-0.3, -0.25) is 5.43 Å². The molecule has 0 aliphatic heterocycles. The Morgan fingerprint density at radius 2 is 1.96 bits per heavy atom. The molecule has 0 unspecified atom stereocenters. The minimum Gasteiger partial charge on any atom is -0.342 e. The van der Waals surface area contributed by atoms with E-state index >= 15 is 0 Å². The van der Waals surface area contributed by atoms with Crippen molar-refractivity contribution in [3.05, 3.63) is 88.2 Å². The van der Waals surface area contributed by atoms with Gasteiger partial charge in [-0.2, -0.15) is 5.10 Å². The van der Waals surface area contributed by atoms with E-state index in [9.17, 15) is 0 Å². The highest BCUT2D eigenvalue weighted by molar-refractivity contribution is 7.80. The first-order chi connectivity index (χ1) is 13.0. The molecule has 6 heteroatoms. The van der Waals surface area contributed by atoms with Crippen LogP contribution in [0.1, 0.15) is 22.4 Å². The molecule has 3 aromatic rings. The Bertz CT molecular complexity index is 978. The highest BCUT2D eigenvalue weighted by Gasteiger charge is 2.04. The van der Waals surface area contributed by atoms with Gasteiger partial charge in [0.15, 0.2) is 5.11 Å². The first kappa shape index (κ1) is 19.1. The van der Waals surface area contributed by atoms with E-state index in [2.05, 4.69) is 33.4 Å². The van der Waals surface area contributed by atoms with Crippen molar-refractivity contribution < 1.29 is 0 Å². The highest BCUT2D eigenvalue weighted by Crippen LogP contribution is 2.17. The van der Waals surface area contributed by atoms with Crippen LogP contribution >= 0.6 is 23.8 Å². The molecule has 1 aromatic heterocycles. The summed E-state index contributed by atoms with van der Waals surface area (Å²) in [6, 6.07) is 18.0. The largest absolute Gasteiger partial charge is 0.342 e. The molecule has 0 aliphatic rings. The monoisotopic (exact) mass is 396 g/mol. The molecule has 27 heavy (non-hydrogen) atoms. The van der Waals surface area contributed by atoms with Crippen molar-refractivity contribution >= 4 is 40.8 Å². The van der Waals surface area contributed by atoms with E-state index in [4.69, 9.17) is 23.8 Å². The van der Waals surface area contributed by atoms with Crippen LogP contribution in [-0.4, -0.2) is 15.9 Å². The Kier molecular flexibility index (Phi) is 6.27. The van der Waals surface area contributed by atoms with Gasteiger partial charge < -0.3 is 9.88 Å². The third kappa shape index (κ3) is 5.18.